The zero-order valence-electron chi connectivity index (χ0n) is 11.6. The van der Waals surface area contributed by atoms with Crippen molar-refractivity contribution in [3.05, 3.63) is 29.7 Å². The molecule has 1 aliphatic rings. The number of hydrogen-bond donors (Lipinski definition) is 3. The summed E-state index contributed by atoms with van der Waals surface area (Å²) in [6.45, 7) is 2.29. The van der Waals surface area contributed by atoms with Crippen molar-refractivity contribution in [2.45, 2.75) is 43.8 Å². The molecule has 0 aliphatic heterocycles. The van der Waals surface area contributed by atoms with E-state index < -0.39 is 10.0 Å². The molecule has 9 heteroatoms. The van der Waals surface area contributed by atoms with Crippen molar-refractivity contribution in [1.82, 2.24) is 25.2 Å². The van der Waals surface area contributed by atoms with Crippen LogP contribution in [0.4, 0.5) is 0 Å². The van der Waals surface area contributed by atoms with Crippen molar-refractivity contribution in [3.63, 3.8) is 0 Å². The van der Waals surface area contributed by atoms with Gasteiger partial charge in [-0.15, -0.1) is 0 Å². The molecule has 0 unspecified atom stereocenters. The van der Waals surface area contributed by atoms with Crippen LogP contribution in [0.5, 0.6) is 0 Å². The van der Waals surface area contributed by atoms with Crippen LogP contribution in [0.1, 0.15) is 30.3 Å². The average molecular weight is 311 g/mol. The van der Waals surface area contributed by atoms with Gasteiger partial charge in [-0.05, 0) is 25.8 Å². The molecule has 0 saturated heterocycles. The maximum Gasteiger partial charge on any atom is 0.242 e. The highest BCUT2D eigenvalue weighted by molar-refractivity contribution is 7.89. The van der Waals surface area contributed by atoms with E-state index in [1.165, 1.54) is 19.0 Å². The molecule has 0 bridgehead atoms. The zero-order valence-corrected chi connectivity index (χ0v) is 12.4. The lowest BCUT2D eigenvalue weighted by Crippen LogP contribution is -2.23. The molecule has 2 aromatic heterocycles. The van der Waals surface area contributed by atoms with Crippen LogP contribution in [-0.2, 0) is 23.1 Å². The van der Waals surface area contributed by atoms with Crippen LogP contribution in [0.2, 0.25) is 0 Å². The average Bonchev–Trinajstić information content (AvgIpc) is 2.97. The molecule has 0 atom stereocenters. The predicted octanol–water partition coefficient (Wildman–Crippen LogP) is 0.437. The second kappa shape index (κ2) is 5.58. The fourth-order valence-corrected chi connectivity index (χ4v) is 2.86. The highest BCUT2D eigenvalue weighted by Crippen LogP contribution is 2.19. The summed E-state index contributed by atoms with van der Waals surface area (Å²) in [4.78, 5) is 7.11. The summed E-state index contributed by atoms with van der Waals surface area (Å²) in [6.07, 6.45) is 3.86. The summed E-state index contributed by atoms with van der Waals surface area (Å²) in [6, 6.07) is 2.20. The van der Waals surface area contributed by atoms with Gasteiger partial charge in [0.2, 0.25) is 15.9 Å². The molecule has 0 aromatic carbocycles. The second-order valence-corrected chi connectivity index (χ2v) is 6.84. The molecule has 3 N–H and O–H groups in total. The van der Waals surface area contributed by atoms with Crippen LogP contribution in [0.3, 0.4) is 0 Å². The predicted molar refractivity (Wildman–Crippen MR) is 73.7 cm³/mol. The smallest absolute Gasteiger partial charge is 0.242 e. The van der Waals surface area contributed by atoms with Crippen molar-refractivity contribution in [3.8, 4) is 0 Å². The van der Waals surface area contributed by atoms with Crippen LogP contribution in [0.15, 0.2) is 21.7 Å². The molecule has 1 aliphatic carbocycles. The maximum absolute atomic E-state index is 12.1. The summed E-state index contributed by atoms with van der Waals surface area (Å²) in [5, 5.41) is 6.92. The van der Waals surface area contributed by atoms with Crippen LogP contribution in [-0.4, -0.2) is 29.6 Å². The molecular weight excluding hydrogens is 294 g/mol. The Bertz CT molecular complexity index is 717. The van der Waals surface area contributed by atoms with Crippen LogP contribution >= 0.6 is 0 Å². The number of aromatic nitrogens is 3. The van der Waals surface area contributed by atoms with Crippen molar-refractivity contribution < 1.29 is 12.9 Å². The van der Waals surface area contributed by atoms with Gasteiger partial charge in [0.25, 0.3) is 0 Å². The first kappa shape index (κ1) is 14.2. The topological polar surface area (TPSA) is 113 Å². The molecule has 0 spiro atoms. The highest BCUT2D eigenvalue weighted by Gasteiger charge is 2.21. The second-order valence-electron chi connectivity index (χ2n) is 5.08. The van der Waals surface area contributed by atoms with Gasteiger partial charge in [-0.1, -0.05) is 5.16 Å². The summed E-state index contributed by atoms with van der Waals surface area (Å²) < 4.78 is 31.6. The summed E-state index contributed by atoms with van der Waals surface area (Å²) in [5.74, 6) is 0.710. The first-order valence-electron chi connectivity index (χ1n) is 6.72. The Kier molecular flexibility index (Phi) is 3.79. The number of rotatable bonds is 7. The molecule has 0 radical (unpaired) electrons. The van der Waals surface area contributed by atoms with Crippen molar-refractivity contribution >= 4 is 10.0 Å². The molecule has 1 saturated carbocycles. The number of nitrogens with zero attached hydrogens (tertiary/aromatic N) is 2. The van der Waals surface area contributed by atoms with E-state index in [-0.39, 0.29) is 17.3 Å². The number of hydrogen-bond acceptors (Lipinski definition) is 6. The lowest BCUT2D eigenvalue weighted by molar-refractivity contribution is 0.372. The van der Waals surface area contributed by atoms with E-state index in [0.717, 1.165) is 5.69 Å². The van der Waals surface area contributed by atoms with Crippen LogP contribution in [0, 0.1) is 6.92 Å². The molecule has 8 nitrogen and oxygen atoms in total. The Morgan fingerprint density at radius 1 is 1.43 bits per heavy atom. The largest absolute Gasteiger partial charge is 0.363 e. The molecule has 3 rings (SSSR count). The number of aryl methyl sites for hydroxylation is 1. The Morgan fingerprint density at radius 3 is 2.90 bits per heavy atom. The van der Waals surface area contributed by atoms with E-state index in [1.54, 1.807) is 13.0 Å². The molecule has 114 valence electrons. The minimum absolute atomic E-state index is 0.0238. The Labute approximate surface area is 122 Å². The Balaban J connectivity index is 1.60. The lowest BCUT2D eigenvalue weighted by atomic mass is 10.4. The van der Waals surface area contributed by atoms with Gasteiger partial charge in [-0.2, -0.15) is 4.98 Å². The fraction of sp³-hybridized carbons (Fsp3) is 0.500. The van der Waals surface area contributed by atoms with E-state index in [9.17, 15) is 8.42 Å². The standard InChI is InChI=1S/C12H17N5O3S/c1-8-16-12(20-17-8)7-15-21(18,19)11-4-10(14-6-11)5-13-9-2-3-9/h4,6,9,13-15H,2-3,5,7H2,1H3. The van der Waals surface area contributed by atoms with Gasteiger partial charge in [-0.3, -0.25) is 0 Å². The molecule has 0 amide bonds. The van der Waals surface area contributed by atoms with Crippen molar-refractivity contribution in [2.24, 2.45) is 0 Å². The monoisotopic (exact) mass is 311 g/mol. The van der Waals surface area contributed by atoms with Gasteiger partial charge in [0.05, 0.1) is 11.4 Å². The van der Waals surface area contributed by atoms with Crippen molar-refractivity contribution in [2.75, 3.05) is 0 Å². The summed E-state index contributed by atoms with van der Waals surface area (Å²) >= 11 is 0. The minimum atomic E-state index is -3.59. The van der Waals surface area contributed by atoms with Gasteiger partial charge < -0.3 is 14.8 Å². The summed E-state index contributed by atoms with van der Waals surface area (Å²) in [5.41, 5.74) is 0.843. The molecule has 2 heterocycles. The first-order chi connectivity index (χ1) is 10.0. The maximum atomic E-state index is 12.1. The molecule has 2 aromatic rings. The van der Waals surface area contributed by atoms with Gasteiger partial charge in [0.15, 0.2) is 5.82 Å². The van der Waals surface area contributed by atoms with E-state index in [4.69, 9.17) is 4.52 Å². The third kappa shape index (κ3) is 3.69. The lowest BCUT2D eigenvalue weighted by Gasteiger charge is -2.01. The molecule has 1 fully saturated rings. The SMILES string of the molecule is Cc1noc(CNS(=O)(=O)c2c[nH]c(CNC3CC3)c2)n1. The number of nitrogens with one attached hydrogen (secondary N) is 3. The zero-order chi connectivity index (χ0) is 14.9. The molecular formula is C12H17N5O3S. The Morgan fingerprint density at radius 2 is 2.24 bits per heavy atom. The van der Waals surface area contributed by atoms with E-state index in [0.29, 0.717) is 18.4 Å². The number of sulfonamides is 1. The van der Waals surface area contributed by atoms with Gasteiger partial charge in [0, 0.05) is 24.5 Å². The summed E-state index contributed by atoms with van der Waals surface area (Å²) in [7, 11) is -3.59. The van der Waals surface area contributed by atoms with Crippen LogP contribution in [0.25, 0.3) is 0 Å². The van der Waals surface area contributed by atoms with Gasteiger partial charge in [-0.25, -0.2) is 13.1 Å². The fourth-order valence-electron chi connectivity index (χ4n) is 1.87. The first-order valence-corrected chi connectivity index (χ1v) is 8.21. The molecule has 21 heavy (non-hydrogen) atoms. The normalized spacial score (nSPS) is 15.5. The van der Waals surface area contributed by atoms with Crippen LogP contribution < -0.4 is 10.0 Å². The third-order valence-electron chi connectivity index (χ3n) is 3.17. The van der Waals surface area contributed by atoms with Gasteiger partial charge >= 0.3 is 0 Å². The Hall–Kier alpha value is -1.71. The van der Waals surface area contributed by atoms with E-state index >= 15 is 0 Å². The quantitative estimate of drug-likeness (QED) is 0.684. The number of aromatic amines is 1. The van der Waals surface area contributed by atoms with Crippen molar-refractivity contribution in [1.29, 1.82) is 0 Å². The minimum Gasteiger partial charge on any atom is -0.363 e. The highest BCUT2D eigenvalue weighted by atomic mass is 32.2. The number of H-pyrrole nitrogens is 1. The van der Waals surface area contributed by atoms with Gasteiger partial charge in [0.1, 0.15) is 0 Å². The van der Waals surface area contributed by atoms with E-state index in [1.807, 2.05) is 0 Å². The van der Waals surface area contributed by atoms with E-state index in [2.05, 4.69) is 25.2 Å². The third-order valence-corrected chi connectivity index (χ3v) is 4.55.